The van der Waals surface area contributed by atoms with Crippen molar-refractivity contribution in [2.75, 3.05) is 13.2 Å². The number of hydrogen-bond donors (Lipinski definition) is 0. The lowest BCUT2D eigenvalue weighted by Gasteiger charge is -2.11. The Morgan fingerprint density at radius 2 is 1.72 bits per heavy atom. The maximum atomic E-state index is 6.21. The zero-order chi connectivity index (χ0) is 12.4. The van der Waals surface area contributed by atoms with Crippen LogP contribution in [0.3, 0.4) is 0 Å². The topological polar surface area (TPSA) is 18.5 Å². The van der Waals surface area contributed by atoms with Crippen LogP contribution in [0, 0.1) is 0 Å². The Morgan fingerprint density at radius 1 is 0.944 bits per heavy atom. The van der Waals surface area contributed by atoms with E-state index in [0.717, 1.165) is 21.7 Å². The van der Waals surface area contributed by atoms with E-state index in [-0.39, 0.29) is 6.29 Å². The van der Waals surface area contributed by atoms with Gasteiger partial charge in [0, 0.05) is 16.1 Å². The lowest BCUT2D eigenvalue weighted by atomic mass is 10.0. The summed E-state index contributed by atoms with van der Waals surface area (Å²) in [6, 6.07) is 15.9. The van der Waals surface area contributed by atoms with Crippen molar-refractivity contribution in [1.29, 1.82) is 0 Å². The van der Waals surface area contributed by atoms with E-state index < -0.39 is 0 Å². The molecule has 1 heterocycles. The van der Waals surface area contributed by atoms with E-state index in [1.807, 2.05) is 42.5 Å². The molecule has 1 saturated heterocycles. The van der Waals surface area contributed by atoms with Gasteiger partial charge in [0.1, 0.15) is 0 Å². The minimum atomic E-state index is -0.243. The van der Waals surface area contributed by atoms with Crippen LogP contribution in [0.5, 0.6) is 0 Å². The van der Waals surface area contributed by atoms with Gasteiger partial charge in [0.15, 0.2) is 6.29 Å². The van der Waals surface area contributed by atoms with Gasteiger partial charge in [0.05, 0.1) is 13.2 Å². The molecule has 3 heteroatoms. The molecule has 92 valence electrons. The van der Waals surface area contributed by atoms with E-state index in [4.69, 9.17) is 21.1 Å². The summed E-state index contributed by atoms with van der Waals surface area (Å²) in [5.74, 6) is 0. The fourth-order valence-electron chi connectivity index (χ4n) is 2.10. The summed E-state index contributed by atoms with van der Waals surface area (Å²) in [6.45, 7) is 1.31. The first-order valence-corrected chi connectivity index (χ1v) is 6.30. The molecule has 0 radical (unpaired) electrons. The molecule has 18 heavy (non-hydrogen) atoms. The maximum Gasteiger partial charge on any atom is 0.184 e. The molecule has 1 aliphatic heterocycles. The molecular formula is C15H13ClO2. The van der Waals surface area contributed by atoms with Gasteiger partial charge in [-0.25, -0.2) is 0 Å². The molecule has 0 aromatic heterocycles. The Kier molecular flexibility index (Phi) is 3.33. The molecule has 0 atom stereocenters. The lowest BCUT2D eigenvalue weighted by Crippen LogP contribution is -1.97. The third-order valence-corrected chi connectivity index (χ3v) is 3.30. The zero-order valence-electron chi connectivity index (χ0n) is 9.80. The molecule has 1 fully saturated rings. The number of hydrogen-bond acceptors (Lipinski definition) is 2. The van der Waals surface area contributed by atoms with Crippen LogP contribution in [-0.2, 0) is 9.47 Å². The van der Waals surface area contributed by atoms with Crippen LogP contribution in [0.4, 0.5) is 0 Å². The normalized spacial score (nSPS) is 16.1. The fraction of sp³-hybridized carbons (Fsp3) is 0.200. The summed E-state index contributed by atoms with van der Waals surface area (Å²) in [7, 11) is 0. The van der Waals surface area contributed by atoms with Gasteiger partial charge < -0.3 is 9.47 Å². The monoisotopic (exact) mass is 260 g/mol. The van der Waals surface area contributed by atoms with E-state index in [1.165, 1.54) is 0 Å². The second-order valence-electron chi connectivity index (χ2n) is 4.18. The highest BCUT2D eigenvalue weighted by atomic mass is 35.5. The summed E-state index contributed by atoms with van der Waals surface area (Å²) in [5.41, 5.74) is 3.14. The largest absolute Gasteiger partial charge is 0.346 e. The molecule has 2 nitrogen and oxygen atoms in total. The molecule has 0 bridgehead atoms. The minimum Gasteiger partial charge on any atom is -0.346 e. The molecule has 3 rings (SSSR count). The number of halogens is 1. The summed E-state index contributed by atoms with van der Waals surface area (Å²) < 4.78 is 11.0. The average Bonchev–Trinajstić information content (AvgIpc) is 2.93. The molecule has 0 saturated carbocycles. The van der Waals surface area contributed by atoms with Crippen LogP contribution < -0.4 is 0 Å². The Balaban J connectivity index is 1.98. The van der Waals surface area contributed by atoms with Crippen LogP contribution in [-0.4, -0.2) is 13.2 Å². The SMILES string of the molecule is Clc1ccccc1-c1cccc(C2OCCO2)c1. The van der Waals surface area contributed by atoms with Gasteiger partial charge in [-0.2, -0.15) is 0 Å². The standard InChI is InChI=1S/C15H13ClO2/c16-14-7-2-1-6-13(14)11-4-3-5-12(10-11)15-17-8-9-18-15/h1-7,10,15H,8-9H2. The Morgan fingerprint density at radius 3 is 2.50 bits per heavy atom. The van der Waals surface area contributed by atoms with Gasteiger partial charge in [-0.1, -0.05) is 48.0 Å². The average molecular weight is 261 g/mol. The van der Waals surface area contributed by atoms with E-state index in [1.54, 1.807) is 0 Å². The summed E-state index contributed by atoms with van der Waals surface area (Å²) in [6.07, 6.45) is -0.243. The van der Waals surface area contributed by atoms with E-state index in [2.05, 4.69) is 6.07 Å². The number of ether oxygens (including phenoxy) is 2. The predicted molar refractivity (Wildman–Crippen MR) is 71.5 cm³/mol. The predicted octanol–water partition coefficient (Wildman–Crippen LogP) is 4.05. The minimum absolute atomic E-state index is 0.243. The van der Waals surface area contributed by atoms with Crippen LogP contribution >= 0.6 is 11.6 Å². The molecule has 0 N–H and O–H groups in total. The van der Waals surface area contributed by atoms with Crippen LogP contribution in [0.1, 0.15) is 11.9 Å². The van der Waals surface area contributed by atoms with Gasteiger partial charge in [-0.15, -0.1) is 0 Å². The quantitative estimate of drug-likeness (QED) is 0.811. The van der Waals surface area contributed by atoms with Crippen molar-refractivity contribution in [3.8, 4) is 11.1 Å². The maximum absolute atomic E-state index is 6.21. The Hall–Kier alpha value is -1.35. The molecular weight excluding hydrogens is 248 g/mol. The van der Waals surface area contributed by atoms with Crippen molar-refractivity contribution in [1.82, 2.24) is 0 Å². The van der Waals surface area contributed by atoms with Crippen molar-refractivity contribution in [3.05, 3.63) is 59.1 Å². The van der Waals surface area contributed by atoms with Crippen molar-refractivity contribution in [2.45, 2.75) is 6.29 Å². The van der Waals surface area contributed by atoms with Crippen molar-refractivity contribution in [3.63, 3.8) is 0 Å². The summed E-state index contributed by atoms with van der Waals surface area (Å²) in [4.78, 5) is 0. The first kappa shape index (κ1) is 11.7. The van der Waals surface area contributed by atoms with Crippen molar-refractivity contribution < 1.29 is 9.47 Å². The van der Waals surface area contributed by atoms with E-state index in [0.29, 0.717) is 13.2 Å². The fourth-order valence-corrected chi connectivity index (χ4v) is 2.34. The second-order valence-corrected chi connectivity index (χ2v) is 4.59. The lowest BCUT2D eigenvalue weighted by molar-refractivity contribution is -0.0440. The number of benzene rings is 2. The van der Waals surface area contributed by atoms with Gasteiger partial charge in [0.2, 0.25) is 0 Å². The van der Waals surface area contributed by atoms with Crippen LogP contribution in [0.25, 0.3) is 11.1 Å². The van der Waals surface area contributed by atoms with Gasteiger partial charge in [-0.3, -0.25) is 0 Å². The Bertz CT molecular complexity index is 548. The van der Waals surface area contributed by atoms with Gasteiger partial charge in [0.25, 0.3) is 0 Å². The third kappa shape index (κ3) is 2.27. The third-order valence-electron chi connectivity index (χ3n) is 2.97. The molecule has 0 unspecified atom stereocenters. The van der Waals surface area contributed by atoms with E-state index >= 15 is 0 Å². The first-order valence-electron chi connectivity index (χ1n) is 5.93. The highest BCUT2D eigenvalue weighted by molar-refractivity contribution is 6.33. The highest BCUT2D eigenvalue weighted by Crippen LogP contribution is 2.31. The first-order chi connectivity index (χ1) is 8.84. The van der Waals surface area contributed by atoms with Gasteiger partial charge >= 0.3 is 0 Å². The van der Waals surface area contributed by atoms with Crippen LogP contribution in [0.2, 0.25) is 5.02 Å². The number of rotatable bonds is 2. The smallest absolute Gasteiger partial charge is 0.184 e. The van der Waals surface area contributed by atoms with Crippen molar-refractivity contribution in [2.24, 2.45) is 0 Å². The summed E-state index contributed by atoms with van der Waals surface area (Å²) in [5, 5.41) is 0.753. The summed E-state index contributed by atoms with van der Waals surface area (Å²) >= 11 is 6.21. The molecule has 2 aromatic rings. The van der Waals surface area contributed by atoms with Gasteiger partial charge in [-0.05, 0) is 17.7 Å². The Labute approximate surface area is 111 Å². The molecule has 1 aliphatic rings. The van der Waals surface area contributed by atoms with Crippen molar-refractivity contribution >= 4 is 11.6 Å². The molecule has 0 amide bonds. The molecule has 0 spiro atoms. The highest BCUT2D eigenvalue weighted by Gasteiger charge is 2.18. The second kappa shape index (κ2) is 5.11. The zero-order valence-corrected chi connectivity index (χ0v) is 10.6. The van der Waals surface area contributed by atoms with E-state index in [9.17, 15) is 0 Å². The molecule has 0 aliphatic carbocycles. The van der Waals surface area contributed by atoms with Crippen LogP contribution in [0.15, 0.2) is 48.5 Å². The molecule has 2 aromatic carbocycles.